The molecule has 2 aromatic rings. The first kappa shape index (κ1) is 21.8. The van der Waals surface area contributed by atoms with Gasteiger partial charge in [0.25, 0.3) is 0 Å². The smallest absolute Gasteiger partial charge is 0.339 e. The number of hydrogen-bond acceptors (Lipinski definition) is 6. The van der Waals surface area contributed by atoms with Crippen LogP contribution in [-0.2, 0) is 0 Å². The molecule has 152 valence electrons. The predicted molar refractivity (Wildman–Crippen MR) is 109 cm³/mol. The zero-order chi connectivity index (χ0) is 19.4. The number of para-hydroxylation sites is 2. The SMILES string of the molecule is COc1ccccc1N1CCN(CC(O)c2ccc(O)c(C(=O)O)c2)CC1.Cl. The Kier molecular flexibility index (Phi) is 7.51. The topological polar surface area (TPSA) is 93.5 Å². The minimum absolute atomic E-state index is 0. The summed E-state index contributed by atoms with van der Waals surface area (Å²) in [5.41, 5.74) is 1.34. The summed E-state index contributed by atoms with van der Waals surface area (Å²) >= 11 is 0. The van der Waals surface area contributed by atoms with E-state index in [2.05, 4.69) is 9.80 Å². The lowest BCUT2D eigenvalue weighted by atomic mass is 10.0. The fourth-order valence-corrected chi connectivity index (χ4v) is 3.34. The van der Waals surface area contributed by atoms with Crippen molar-refractivity contribution < 1.29 is 24.9 Å². The zero-order valence-corrected chi connectivity index (χ0v) is 16.4. The molecule has 3 N–H and O–H groups in total. The Bertz CT molecular complexity index is 809. The van der Waals surface area contributed by atoms with Crippen molar-refractivity contribution in [1.29, 1.82) is 0 Å². The molecule has 1 fully saturated rings. The molecule has 3 rings (SSSR count). The Morgan fingerprint density at radius 2 is 1.82 bits per heavy atom. The van der Waals surface area contributed by atoms with E-state index in [1.807, 2.05) is 24.3 Å². The number of benzene rings is 2. The van der Waals surface area contributed by atoms with E-state index in [1.54, 1.807) is 13.2 Å². The molecule has 8 heteroatoms. The minimum atomic E-state index is -1.22. The monoisotopic (exact) mass is 408 g/mol. The summed E-state index contributed by atoms with van der Waals surface area (Å²) in [6.45, 7) is 3.58. The largest absolute Gasteiger partial charge is 0.507 e. The van der Waals surface area contributed by atoms with E-state index in [0.29, 0.717) is 12.1 Å². The van der Waals surface area contributed by atoms with Gasteiger partial charge in [-0.15, -0.1) is 12.4 Å². The highest BCUT2D eigenvalue weighted by molar-refractivity contribution is 5.90. The van der Waals surface area contributed by atoms with E-state index in [1.165, 1.54) is 12.1 Å². The molecule has 2 aromatic carbocycles. The van der Waals surface area contributed by atoms with Gasteiger partial charge in [-0.05, 0) is 29.8 Å². The van der Waals surface area contributed by atoms with E-state index in [0.717, 1.165) is 37.6 Å². The molecule has 0 radical (unpaired) electrons. The third kappa shape index (κ3) is 4.86. The number of phenols is 1. The number of carbonyl (C=O) groups is 1. The average Bonchev–Trinajstić information content (AvgIpc) is 2.68. The van der Waals surface area contributed by atoms with Crippen LogP contribution in [0.1, 0.15) is 22.0 Å². The molecule has 0 bridgehead atoms. The number of methoxy groups -OCH3 is 1. The molecule has 1 heterocycles. The molecule has 1 unspecified atom stereocenters. The van der Waals surface area contributed by atoms with Gasteiger partial charge in [0.2, 0.25) is 0 Å². The molecular weight excluding hydrogens is 384 g/mol. The quantitative estimate of drug-likeness (QED) is 0.675. The van der Waals surface area contributed by atoms with Crippen molar-refractivity contribution in [1.82, 2.24) is 4.90 Å². The number of aromatic carboxylic acids is 1. The molecule has 0 saturated carbocycles. The van der Waals surface area contributed by atoms with Crippen molar-refractivity contribution in [3.8, 4) is 11.5 Å². The van der Waals surface area contributed by atoms with Crippen LogP contribution in [0.2, 0.25) is 0 Å². The molecule has 7 nitrogen and oxygen atoms in total. The fourth-order valence-electron chi connectivity index (χ4n) is 3.34. The predicted octanol–water partition coefficient (Wildman–Crippen LogP) is 2.38. The van der Waals surface area contributed by atoms with Gasteiger partial charge in [-0.25, -0.2) is 4.79 Å². The van der Waals surface area contributed by atoms with Crippen molar-refractivity contribution in [2.24, 2.45) is 0 Å². The number of β-amino-alcohol motifs (C(OH)–C–C–N with tert-alkyl or cyclic N) is 1. The Hall–Kier alpha value is -2.48. The second-order valence-corrected chi connectivity index (χ2v) is 6.56. The van der Waals surface area contributed by atoms with Crippen LogP contribution in [0, 0.1) is 0 Å². The highest BCUT2D eigenvalue weighted by Crippen LogP contribution is 2.29. The third-order valence-corrected chi connectivity index (χ3v) is 4.87. The molecule has 0 aliphatic carbocycles. The average molecular weight is 409 g/mol. The zero-order valence-electron chi connectivity index (χ0n) is 15.6. The summed E-state index contributed by atoms with van der Waals surface area (Å²) < 4.78 is 5.42. The van der Waals surface area contributed by atoms with E-state index >= 15 is 0 Å². The van der Waals surface area contributed by atoms with E-state index < -0.39 is 12.1 Å². The van der Waals surface area contributed by atoms with Crippen LogP contribution in [0.5, 0.6) is 11.5 Å². The second-order valence-electron chi connectivity index (χ2n) is 6.56. The maximum atomic E-state index is 11.1. The number of ether oxygens (including phenoxy) is 1. The maximum absolute atomic E-state index is 11.1. The lowest BCUT2D eigenvalue weighted by molar-refractivity contribution is 0.0693. The summed E-state index contributed by atoms with van der Waals surface area (Å²) in [7, 11) is 1.66. The highest BCUT2D eigenvalue weighted by atomic mass is 35.5. The lowest BCUT2D eigenvalue weighted by Crippen LogP contribution is -2.47. The van der Waals surface area contributed by atoms with Crippen LogP contribution in [-0.4, -0.2) is 66.0 Å². The van der Waals surface area contributed by atoms with Crippen LogP contribution in [0.15, 0.2) is 42.5 Å². The summed E-state index contributed by atoms with van der Waals surface area (Å²) in [6.07, 6.45) is -0.818. The van der Waals surface area contributed by atoms with Crippen molar-refractivity contribution in [3.05, 3.63) is 53.6 Å². The summed E-state index contributed by atoms with van der Waals surface area (Å²) in [6, 6.07) is 12.1. The molecule has 0 aromatic heterocycles. The van der Waals surface area contributed by atoms with Crippen LogP contribution in [0.3, 0.4) is 0 Å². The number of aliphatic hydroxyl groups is 1. The van der Waals surface area contributed by atoms with Crippen molar-refractivity contribution in [2.45, 2.75) is 6.10 Å². The number of aliphatic hydroxyl groups excluding tert-OH is 1. The first-order chi connectivity index (χ1) is 13.0. The summed E-state index contributed by atoms with van der Waals surface area (Å²) in [5, 5.41) is 29.2. The van der Waals surface area contributed by atoms with Crippen molar-refractivity contribution >= 4 is 24.1 Å². The standard InChI is InChI=1S/C20H24N2O5.ClH/c1-27-19-5-3-2-4-16(19)22-10-8-21(9-11-22)13-18(24)14-6-7-17(23)15(12-14)20(25)26;/h2-7,12,18,23-24H,8-11,13H2,1H3,(H,25,26);1H. The number of carboxylic acid groups (broad SMARTS) is 1. The molecule has 0 spiro atoms. The summed E-state index contributed by atoms with van der Waals surface area (Å²) in [5.74, 6) is -0.674. The molecule has 1 aliphatic heterocycles. The molecule has 28 heavy (non-hydrogen) atoms. The minimum Gasteiger partial charge on any atom is -0.507 e. The first-order valence-corrected chi connectivity index (χ1v) is 8.84. The third-order valence-electron chi connectivity index (χ3n) is 4.87. The van der Waals surface area contributed by atoms with Gasteiger partial charge in [0.05, 0.1) is 18.9 Å². The van der Waals surface area contributed by atoms with Crippen LogP contribution < -0.4 is 9.64 Å². The summed E-state index contributed by atoms with van der Waals surface area (Å²) in [4.78, 5) is 15.5. The molecule has 1 aliphatic rings. The van der Waals surface area contributed by atoms with Gasteiger partial charge in [-0.2, -0.15) is 0 Å². The number of carboxylic acids is 1. The van der Waals surface area contributed by atoms with E-state index in [9.17, 15) is 15.0 Å². The lowest BCUT2D eigenvalue weighted by Gasteiger charge is -2.37. The van der Waals surface area contributed by atoms with Crippen LogP contribution in [0.4, 0.5) is 5.69 Å². The van der Waals surface area contributed by atoms with Gasteiger partial charge >= 0.3 is 5.97 Å². The molecule has 0 amide bonds. The number of rotatable bonds is 6. The normalized spacial score (nSPS) is 15.6. The molecular formula is C20H25ClN2O5. The van der Waals surface area contributed by atoms with Crippen LogP contribution in [0.25, 0.3) is 0 Å². The fraction of sp³-hybridized carbons (Fsp3) is 0.350. The highest BCUT2D eigenvalue weighted by Gasteiger charge is 2.22. The Balaban J connectivity index is 0.00000280. The van der Waals surface area contributed by atoms with Gasteiger partial charge in [-0.1, -0.05) is 18.2 Å². The van der Waals surface area contributed by atoms with Gasteiger partial charge in [0, 0.05) is 32.7 Å². The number of aromatic hydroxyl groups is 1. The Morgan fingerprint density at radius 3 is 2.46 bits per heavy atom. The second kappa shape index (κ2) is 9.64. The van der Waals surface area contributed by atoms with Crippen molar-refractivity contribution in [2.75, 3.05) is 44.7 Å². The van der Waals surface area contributed by atoms with Crippen molar-refractivity contribution in [3.63, 3.8) is 0 Å². The molecule has 1 atom stereocenters. The number of anilines is 1. The number of hydrogen-bond donors (Lipinski definition) is 3. The Labute approximate surface area is 170 Å². The molecule has 1 saturated heterocycles. The van der Waals surface area contributed by atoms with Gasteiger partial charge in [0.15, 0.2) is 0 Å². The first-order valence-electron chi connectivity index (χ1n) is 8.84. The van der Waals surface area contributed by atoms with E-state index in [4.69, 9.17) is 9.84 Å². The number of piperazine rings is 1. The van der Waals surface area contributed by atoms with Gasteiger partial charge in [0.1, 0.15) is 17.1 Å². The van der Waals surface area contributed by atoms with Gasteiger partial charge < -0.3 is 25.0 Å². The number of halogens is 1. The van der Waals surface area contributed by atoms with Gasteiger partial charge in [-0.3, -0.25) is 4.90 Å². The maximum Gasteiger partial charge on any atom is 0.339 e. The number of nitrogens with zero attached hydrogens (tertiary/aromatic N) is 2. The van der Waals surface area contributed by atoms with Crippen LogP contribution >= 0.6 is 12.4 Å². The van der Waals surface area contributed by atoms with E-state index in [-0.39, 0.29) is 23.7 Å². The Morgan fingerprint density at radius 1 is 1.14 bits per heavy atom.